The SMILES string of the molecule is CNC(=O)Cc1cc(O)cc(O)c1. The minimum Gasteiger partial charge on any atom is -0.508 e. The fourth-order valence-corrected chi connectivity index (χ4v) is 1.03. The summed E-state index contributed by atoms with van der Waals surface area (Å²) >= 11 is 0. The van der Waals surface area contributed by atoms with Crippen LogP contribution in [-0.4, -0.2) is 23.2 Å². The van der Waals surface area contributed by atoms with Gasteiger partial charge in [-0.15, -0.1) is 0 Å². The molecule has 0 aliphatic heterocycles. The number of aromatic hydroxyl groups is 2. The number of carbonyl (C=O) groups excluding carboxylic acids is 1. The van der Waals surface area contributed by atoms with E-state index in [9.17, 15) is 4.79 Å². The van der Waals surface area contributed by atoms with Crippen molar-refractivity contribution in [3.05, 3.63) is 23.8 Å². The number of rotatable bonds is 2. The molecule has 0 spiro atoms. The van der Waals surface area contributed by atoms with Gasteiger partial charge in [0, 0.05) is 13.1 Å². The molecular weight excluding hydrogens is 170 g/mol. The van der Waals surface area contributed by atoms with Crippen LogP contribution in [0.25, 0.3) is 0 Å². The monoisotopic (exact) mass is 181 g/mol. The van der Waals surface area contributed by atoms with Gasteiger partial charge in [0.25, 0.3) is 0 Å². The van der Waals surface area contributed by atoms with Crippen molar-refractivity contribution in [3.8, 4) is 11.5 Å². The van der Waals surface area contributed by atoms with Crippen LogP contribution in [0.4, 0.5) is 0 Å². The molecule has 3 N–H and O–H groups in total. The van der Waals surface area contributed by atoms with Crippen LogP contribution in [0.15, 0.2) is 18.2 Å². The summed E-state index contributed by atoms with van der Waals surface area (Å²) in [6.45, 7) is 0. The van der Waals surface area contributed by atoms with E-state index in [2.05, 4.69) is 5.32 Å². The molecule has 0 aliphatic rings. The molecule has 70 valence electrons. The lowest BCUT2D eigenvalue weighted by Crippen LogP contribution is -2.19. The maximum Gasteiger partial charge on any atom is 0.224 e. The Kier molecular flexibility index (Phi) is 2.74. The number of carbonyl (C=O) groups is 1. The third-order valence-electron chi connectivity index (χ3n) is 1.61. The molecule has 0 saturated carbocycles. The van der Waals surface area contributed by atoms with Crippen LogP contribution in [-0.2, 0) is 11.2 Å². The number of hydrogen-bond acceptors (Lipinski definition) is 3. The Morgan fingerprint density at radius 1 is 1.31 bits per heavy atom. The first kappa shape index (κ1) is 9.38. The average Bonchev–Trinajstić information content (AvgIpc) is 2.02. The fraction of sp³-hybridized carbons (Fsp3) is 0.222. The van der Waals surface area contributed by atoms with Crippen LogP contribution in [0.1, 0.15) is 5.56 Å². The van der Waals surface area contributed by atoms with E-state index >= 15 is 0 Å². The number of likely N-dealkylation sites (N-methyl/N-ethyl adjacent to an activating group) is 1. The zero-order valence-corrected chi connectivity index (χ0v) is 7.24. The highest BCUT2D eigenvalue weighted by molar-refractivity contribution is 5.78. The van der Waals surface area contributed by atoms with E-state index in [0.29, 0.717) is 5.56 Å². The number of benzene rings is 1. The van der Waals surface area contributed by atoms with Gasteiger partial charge in [0.1, 0.15) is 11.5 Å². The Labute approximate surface area is 75.8 Å². The molecule has 0 aromatic heterocycles. The molecule has 0 unspecified atom stereocenters. The van der Waals surface area contributed by atoms with Crippen molar-refractivity contribution in [2.45, 2.75) is 6.42 Å². The van der Waals surface area contributed by atoms with E-state index < -0.39 is 0 Å². The smallest absolute Gasteiger partial charge is 0.224 e. The number of amides is 1. The van der Waals surface area contributed by atoms with Crippen molar-refractivity contribution in [1.29, 1.82) is 0 Å². The Balaban J connectivity index is 2.83. The fourth-order valence-electron chi connectivity index (χ4n) is 1.03. The quantitative estimate of drug-likeness (QED) is 0.618. The van der Waals surface area contributed by atoms with Gasteiger partial charge in [0.05, 0.1) is 6.42 Å². The number of phenolic OH excluding ortho intramolecular Hbond substituents is 2. The summed E-state index contributed by atoms with van der Waals surface area (Å²) in [5.74, 6) is -0.247. The average molecular weight is 181 g/mol. The van der Waals surface area contributed by atoms with E-state index in [1.165, 1.54) is 25.2 Å². The van der Waals surface area contributed by atoms with Crippen molar-refractivity contribution in [3.63, 3.8) is 0 Å². The lowest BCUT2D eigenvalue weighted by molar-refractivity contribution is -0.119. The molecule has 4 heteroatoms. The normalized spacial score (nSPS) is 9.62. The van der Waals surface area contributed by atoms with Crippen LogP contribution in [0.3, 0.4) is 0 Å². The summed E-state index contributed by atoms with van der Waals surface area (Å²) in [5, 5.41) is 20.6. The van der Waals surface area contributed by atoms with Crippen molar-refractivity contribution in [2.24, 2.45) is 0 Å². The van der Waals surface area contributed by atoms with Crippen molar-refractivity contribution in [2.75, 3.05) is 7.05 Å². The summed E-state index contributed by atoms with van der Waals surface area (Å²) in [7, 11) is 1.53. The lowest BCUT2D eigenvalue weighted by Gasteiger charge is -2.02. The highest BCUT2D eigenvalue weighted by Crippen LogP contribution is 2.20. The van der Waals surface area contributed by atoms with Gasteiger partial charge < -0.3 is 15.5 Å². The maximum absolute atomic E-state index is 10.9. The molecular formula is C9H11NO3. The largest absolute Gasteiger partial charge is 0.508 e. The first-order valence-corrected chi connectivity index (χ1v) is 3.84. The van der Waals surface area contributed by atoms with Crippen LogP contribution < -0.4 is 5.32 Å². The molecule has 1 amide bonds. The topological polar surface area (TPSA) is 69.6 Å². The Morgan fingerprint density at radius 3 is 2.31 bits per heavy atom. The first-order valence-electron chi connectivity index (χ1n) is 3.84. The van der Waals surface area contributed by atoms with Crippen LogP contribution >= 0.6 is 0 Å². The van der Waals surface area contributed by atoms with Gasteiger partial charge in [-0.2, -0.15) is 0 Å². The number of hydrogen-bond donors (Lipinski definition) is 3. The standard InChI is InChI=1S/C9H11NO3/c1-10-9(13)4-6-2-7(11)5-8(12)3-6/h2-3,5,11-12H,4H2,1H3,(H,10,13). The minimum atomic E-state index is -0.162. The summed E-state index contributed by atoms with van der Waals surface area (Å²) in [4.78, 5) is 10.9. The predicted octanol–water partition coefficient (Wildman–Crippen LogP) is 0.386. The minimum absolute atomic E-state index is 0.0427. The van der Waals surface area contributed by atoms with Gasteiger partial charge in [0.2, 0.25) is 5.91 Å². The molecule has 0 aliphatic carbocycles. The van der Waals surface area contributed by atoms with E-state index in [0.717, 1.165) is 0 Å². The van der Waals surface area contributed by atoms with E-state index in [1.54, 1.807) is 0 Å². The number of phenols is 2. The number of nitrogens with one attached hydrogen (secondary N) is 1. The van der Waals surface area contributed by atoms with Gasteiger partial charge >= 0.3 is 0 Å². The van der Waals surface area contributed by atoms with Crippen molar-refractivity contribution in [1.82, 2.24) is 5.32 Å². The first-order chi connectivity index (χ1) is 6.11. The summed E-state index contributed by atoms with van der Waals surface area (Å²) in [6.07, 6.45) is 0.151. The second kappa shape index (κ2) is 3.80. The van der Waals surface area contributed by atoms with Crippen LogP contribution in [0.5, 0.6) is 11.5 Å². The van der Waals surface area contributed by atoms with Crippen LogP contribution in [0.2, 0.25) is 0 Å². The van der Waals surface area contributed by atoms with E-state index in [1.807, 2.05) is 0 Å². The van der Waals surface area contributed by atoms with Gasteiger partial charge in [-0.3, -0.25) is 4.79 Å². The lowest BCUT2D eigenvalue weighted by atomic mass is 10.1. The molecule has 1 aromatic carbocycles. The highest BCUT2D eigenvalue weighted by Gasteiger charge is 2.03. The molecule has 1 rings (SSSR count). The Bertz CT molecular complexity index is 302. The highest BCUT2D eigenvalue weighted by atomic mass is 16.3. The Morgan fingerprint density at radius 2 is 1.85 bits per heavy atom. The summed E-state index contributed by atoms with van der Waals surface area (Å²) in [5.41, 5.74) is 0.580. The molecule has 0 bridgehead atoms. The van der Waals surface area contributed by atoms with Gasteiger partial charge in [-0.25, -0.2) is 0 Å². The van der Waals surface area contributed by atoms with E-state index in [4.69, 9.17) is 10.2 Å². The molecule has 0 heterocycles. The van der Waals surface area contributed by atoms with Crippen molar-refractivity contribution >= 4 is 5.91 Å². The van der Waals surface area contributed by atoms with E-state index in [-0.39, 0.29) is 23.8 Å². The molecule has 4 nitrogen and oxygen atoms in total. The third-order valence-corrected chi connectivity index (χ3v) is 1.61. The zero-order chi connectivity index (χ0) is 9.84. The predicted molar refractivity (Wildman–Crippen MR) is 47.5 cm³/mol. The summed E-state index contributed by atoms with van der Waals surface area (Å²) < 4.78 is 0. The maximum atomic E-state index is 10.9. The molecule has 13 heavy (non-hydrogen) atoms. The second-order valence-electron chi connectivity index (χ2n) is 2.71. The summed E-state index contributed by atoms with van der Waals surface area (Å²) in [6, 6.07) is 4.09. The van der Waals surface area contributed by atoms with Gasteiger partial charge in [0.15, 0.2) is 0 Å². The van der Waals surface area contributed by atoms with Gasteiger partial charge in [-0.1, -0.05) is 0 Å². The van der Waals surface area contributed by atoms with Crippen LogP contribution in [0, 0.1) is 0 Å². The Hall–Kier alpha value is -1.71. The molecule has 0 radical (unpaired) electrons. The van der Waals surface area contributed by atoms with Crippen molar-refractivity contribution < 1.29 is 15.0 Å². The molecule has 0 fully saturated rings. The third kappa shape index (κ3) is 2.66. The second-order valence-corrected chi connectivity index (χ2v) is 2.71. The molecule has 0 atom stereocenters. The molecule has 1 aromatic rings. The zero-order valence-electron chi connectivity index (χ0n) is 7.24. The van der Waals surface area contributed by atoms with Gasteiger partial charge in [-0.05, 0) is 17.7 Å². The molecule has 0 saturated heterocycles.